The third-order valence-electron chi connectivity index (χ3n) is 3.48. The molecule has 1 aromatic heterocycles. The van der Waals surface area contributed by atoms with Crippen molar-refractivity contribution in [2.24, 2.45) is 0 Å². The van der Waals surface area contributed by atoms with Gasteiger partial charge < -0.3 is 14.6 Å². The molecule has 19 heavy (non-hydrogen) atoms. The lowest BCUT2D eigenvalue weighted by atomic mass is 9.98. The van der Waals surface area contributed by atoms with Gasteiger partial charge in [-0.3, -0.25) is 0 Å². The van der Waals surface area contributed by atoms with Crippen molar-refractivity contribution >= 4 is 0 Å². The Balaban J connectivity index is 1.88. The summed E-state index contributed by atoms with van der Waals surface area (Å²) < 4.78 is 10.7. The fraction of sp³-hybridized carbons (Fsp3) is 0.429. The first-order valence-corrected chi connectivity index (χ1v) is 6.56. The molecule has 0 bridgehead atoms. The number of nitrogens with zero attached hydrogens (tertiary/aromatic N) is 2. The SMILES string of the molecule is COc1ccccc1-c1nc(C2CCNCC2)no1. The molecule has 0 amide bonds. The number of nitrogens with one attached hydrogen (secondary N) is 1. The zero-order valence-corrected chi connectivity index (χ0v) is 10.9. The van der Waals surface area contributed by atoms with E-state index in [2.05, 4.69) is 15.5 Å². The zero-order valence-electron chi connectivity index (χ0n) is 10.9. The van der Waals surface area contributed by atoms with Gasteiger partial charge in [0.15, 0.2) is 5.82 Å². The zero-order chi connectivity index (χ0) is 13.1. The maximum Gasteiger partial charge on any atom is 0.261 e. The summed E-state index contributed by atoms with van der Waals surface area (Å²) in [7, 11) is 1.64. The van der Waals surface area contributed by atoms with Crippen LogP contribution in [0.2, 0.25) is 0 Å². The van der Waals surface area contributed by atoms with Crippen molar-refractivity contribution in [1.82, 2.24) is 15.5 Å². The van der Waals surface area contributed by atoms with E-state index in [1.807, 2.05) is 24.3 Å². The van der Waals surface area contributed by atoms with Gasteiger partial charge in [0.1, 0.15) is 5.75 Å². The third kappa shape index (κ3) is 2.46. The molecular weight excluding hydrogens is 242 g/mol. The lowest BCUT2D eigenvalue weighted by Crippen LogP contribution is -2.27. The summed E-state index contributed by atoms with van der Waals surface area (Å²) in [5.74, 6) is 2.49. The minimum atomic E-state index is 0.397. The fourth-order valence-corrected chi connectivity index (χ4v) is 2.41. The van der Waals surface area contributed by atoms with Gasteiger partial charge in [0.25, 0.3) is 5.89 Å². The van der Waals surface area contributed by atoms with Gasteiger partial charge in [-0.15, -0.1) is 0 Å². The van der Waals surface area contributed by atoms with Crippen molar-refractivity contribution in [2.45, 2.75) is 18.8 Å². The maximum atomic E-state index is 5.38. The molecule has 5 heteroatoms. The van der Waals surface area contributed by atoms with Crippen LogP contribution >= 0.6 is 0 Å². The standard InChI is InChI=1S/C14H17N3O2/c1-18-12-5-3-2-4-11(12)14-16-13(17-19-14)10-6-8-15-9-7-10/h2-5,10,15H,6-9H2,1H3. The molecule has 1 fully saturated rings. The normalized spacial score (nSPS) is 16.5. The second kappa shape index (κ2) is 5.40. The van der Waals surface area contributed by atoms with Crippen LogP contribution in [0.5, 0.6) is 5.75 Å². The number of aromatic nitrogens is 2. The molecule has 0 saturated carbocycles. The maximum absolute atomic E-state index is 5.38. The summed E-state index contributed by atoms with van der Waals surface area (Å²) in [4.78, 5) is 4.53. The highest BCUT2D eigenvalue weighted by molar-refractivity contribution is 5.62. The van der Waals surface area contributed by atoms with Gasteiger partial charge in [0, 0.05) is 5.92 Å². The number of para-hydroxylation sites is 1. The predicted molar refractivity (Wildman–Crippen MR) is 71.1 cm³/mol. The van der Waals surface area contributed by atoms with Crippen LogP contribution in [-0.4, -0.2) is 30.3 Å². The molecule has 2 aromatic rings. The number of rotatable bonds is 3. The van der Waals surface area contributed by atoms with Crippen molar-refractivity contribution < 1.29 is 9.26 Å². The Hall–Kier alpha value is -1.88. The predicted octanol–water partition coefficient (Wildman–Crippen LogP) is 2.21. The number of benzene rings is 1. The molecular formula is C14H17N3O2. The topological polar surface area (TPSA) is 60.2 Å². The Morgan fingerprint density at radius 3 is 2.84 bits per heavy atom. The van der Waals surface area contributed by atoms with Crippen molar-refractivity contribution in [2.75, 3.05) is 20.2 Å². The van der Waals surface area contributed by atoms with E-state index in [4.69, 9.17) is 9.26 Å². The van der Waals surface area contributed by atoms with E-state index < -0.39 is 0 Å². The number of hydrogen-bond donors (Lipinski definition) is 1. The molecule has 5 nitrogen and oxygen atoms in total. The minimum absolute atomic E-state index is 0.397. The third-order valence-corrected chi connectivity index (χ3v) is 3.48. The molecule has 1 N–H and O–H groups in total. The average Bonchev–Trinajstić information content (AvgIpc) is 2.98. The largest absolute Gasteiger partial charge is 0.496 e. The Labute approximate surface area is 112 Å². The Morgan fingerprint density at radius 2 is 2.05 bits per heavy atom. The lowest BCUT2D eigenvalue weighted by molar-refractivity contribution is 0.387. The summed E-state index contributed by atoms with van der Waals surface area (Å²) in [6, 6.07) is 7.68. The second-order valence-corrected chi connectivity index (χ2v) is 4.68. The van der Waals surface area contributed by atoms with E-state index in [-0.39, 0.29) is 0 Å². The Bertz CT molecular complexity index is 547. The van der Waals surface area contributed by atoms with E-state index in [0.717, 1.165) is 43.1 Å². The minimum Gasteiger partial charge on any atom is -0.496 e. The molecule has 1 aliphatic heterocycles. The van der Waals surface area contributed by atoms with E-state index >= 15 is 0 Å². The number of hydrogen-bond acceptors (Lipinski definition) is 5. The molecule has 0 spiro atoms. The van der Waals surface area contributed by atoms with Crippen molar-refractivity contribution in [3.8, 4) is 17.2 Å². The molecule has 0 atom stereocenters. The highest BCUT2D eigenvalue weighted by Gasteiger charge is 2.22. The van der Waals surface area contributed by atoms with Crippen LogP contribution in [0.3, 0.4) is 0 Å². The molecule has 0 unspecified atom stereocenters. The average molecular weight is 259 g/mol. The quantitative estimate of drug-likeness (QED) is 0.915. The first kappa shape index (κ1) is 12.2. The Morgan fingerprint density at radius 1 is 1.26 bits per heavy atom. The molecule has 3 rings (SSSR count). The first-order chi connectivity index (χ1) is 9.38. The molecule has 0 radical (unpaired) electrons. The number of methoxy groups -OCH3 is 1. The van der Waals surface area contributed by atoms with E-state index in [1.165, 1.54) is 0 Å². The number of ether oxygens (including phenoxy) is 1. The molecule has 1 aliphatic rings. The molecule has 1 saturated heterocycles. The second-order valence-electron chi connectivity index (χ2n) is 4.68. The van der Waals surface area contributed by atoms with Gasteiger partial charge in [-0.05, 0) is 38.1 Å². The van der Waals surface area contributed by atoms with Crippen LogP contribution in [0.25, 0.3) is 11.5 Å². The summed E-state index contributed by atoms with van der Waals surface area (Å²) >= 11 is 0. The van der Waals surface area contributed by atoms with Crippen LogP contribution in [0.4, 0.5) is 0 Å². The fourth-order valence-electron chi connectivity index (χ4n) is 2.41. The van der Waals surface area contributed by atoms with Gasteiger partial charge in [-0.1, -0.05) is 17.3 Å². The van der Waals surface area contributed by atoms with Crippen LogP contribution < -0.4 is 10.1 Å². The van der Waals surface area contributed by atoms with E-state index in [0.29, 0.717) is 11.8 Å². The van der Waals surface area contributed by atoms with Gasteiger partial charge in [-0.2, -0.15) is 4.98 Å². The Kier molecular flexibility index (Phi) is 3.46. The summed E-state index contributed by atoms with van der Waals surface area (Å²) in [5.41, 5.74) is 0.845. The van der Waals surface area contributed by atoms with E-state index in [9.17, 15) is 0 Å². The van der Waals surface area contributed by atoms with Gasteiger partial charge in [0.05, 0.1) is 12.7 Å². The molecule has 1 aromatic carbocycles. The number of piperidine rings is 1. The molecule has 2 heterocycles. The lowest BCUT2D eigenvalue weighted by Gasteiger charge is -2.18. The summed E-state index contributed by atoms with van der Waals surface area (Å²) in [6.45, 7) is 2.03. The van der Waals surface area contributed by atoms with Gasteiger partial charge in [0.2, 0.25) is 0 Å². The smallest absolute Gasteiger partial charge is 0.261 e. The monoisotopic (exact) mass is 259 g/mol. The molecule has 100 valence electrons. The van der Waals surface area contributed by atoms with Crippen molar-refractivity contribution in [3.05, 3.63) is 30.1 Å². The van der Waals surface area contributed by atoms with Gasteiger partial charge >= 0.3 is 0 Å². The highest BCUT2D eigenvalue weighted by Crippen LogP contribution is 2.30. The van der Waals surface area contributed by atoms with Gasteiger partial charge in [-0.25, -0.2) is 0 Å². The van der Waals surface area contributed by atoms with Crippen LogP contribution in [0.15, 0.2) is 28.8 Å². The highest BCUT2D eigenvalue weighted by atomic mass is 16.5. The van der Waals surface area contributed by atoms with E-state index in [1.54, 1.807) is 7.11 Å². The van der Waals surface area contributed by atoms with Crippen molar-refractivity contribution in [3.63, 3.8) is 0 Å². The summed E-state index contributed by atoms with van der Waals surface area (Å²) in [6.07, 6.45) is 2.12. The van der Waals surface area contributed by atoms with Crippen molar-refractivity contribution in [1.29, 1.82) is 0 Å². The van der Waals surface area contributed by atoms with Crippen LogP contribution in [0, 0.1) is 0 Å². The van der Waals surface area contributed by atoms with Crippen LogP contribution in [0.1, 0.15) is 24.6 Å². The molecule has 0 aliphatic carbocycles. The first-order valence-electron chi connectivity index (χ1n) is 6.56. The van der Waals surface area contributed by atoms with Crippen LogP contribution in [-0.2, 0) is 0 Å². The summed E-state index contributed by atoms with van der Waals surface area (Å²) in [5, 5.41) is 7.46.